The largest absolute Gasteiger partial charge is 0.309 e. The highest BCUT2D eigenvalue weighted by molar-refractivity contribution is 5.02. The summed E-state index contributed by atoms with van der Waals surface area (Å²) in [7, 11) is 0. The molecule has 0 aromatic heterocycles. The van der Waals surface area contributed by atoms with Gasteiger partial charge in [0.2, 0.25) is 0 Å². The van der Waals surface area contributed by atoms with Crippen LogP contribution in [0.5, 0.6) is 0 Å². The summed E-state index contributed by atoms with van der Waals surface area (Å²) in [6, 6.07) is 2.44. The van der Waals surface area contributed by atoms with Crippen LogP contribution in [-0.2, 0) is 0 Å². The Morgan fingerprint density at radius 1 is 1.10 bits per heavy atom. The maximum Gasteiger partial charge on any atom is 0.0278 e. The smallest absolute Gasteiger partial charge is 0.0278 e. The molecule has 0 aromatic carbocycles. The van der Waals surface area contributed by atoms with Crippen LogP contribution in [0.2, 0.25) is 0 Å². The second-order valence-electron chi connectivity index (χ2n) is 7.48. The van der Waals surface area contributed by atoms with Gasteiger partial charge in [-0.2, -0.15) is 0 Å². The quantitative estimate of drug-likeness (QED) is 0.856. The predicted octanol–water partition coefficient (Wildman–Crippen LogP) is 2.47. The van der Waals surface area contributed by atoms with Crippen LogP contribution in [0.25, 0.3) is 0 Å². The summed E-state index contributed by atoms with van der Waals surface area (Å²) in [5, 5.41) is 3.82. The molecule has 0 spiro atoms. The minimum absolute atomic E-state index is 0.327. The maximum absolute atomic E-state index is 3.82. The van der Waals surface area contributed by atoms with Crippen LogP contribution in [-0.4, -0.2) is 59.6 Å². The molecule has 3 aliphatic heterocycles. The fraction of sp³-hybridized carbons (Fsp3) is 1.00. The lowest BCUT2D eigenvalue weighted by Crippen LogP contribution is -2.66. The minimum atomic E-state index is 0.327. The Bertz CT molecular complexity index is 332. The molecule has 0 aromatic rings. The molecule has 3 saturated heterocycles. The van der Waals surface area contributed by atoms with Crippen LogP contribution >= 0.6 is 0 Å². The summed E-state index contributed by atoms with van der Waals surface area (Å²) in [5.41, 5.74) is 0.327. The van der Waals surface area contributed by atoms with Gasteiger partial charge in [-0.05, 0) is 45.6 Å². The molecular weight excluding hydrogens is 246 g/mol. The lowest BCUT2D eigenvalue weighted by atomic mass is 9.89. The van der Waals surface area contributed by atoms with Crippen LogP contribution in [0.15, 0.2) is 0 Å². The molecule has 4 unspecified atom stereocenters. The third kappa shape index (κ3) is 2.65. The molecule has 116 valence electrons. The molecule has 0 saturated carbocycles. The first-order valence-electron chi connectivity index (χ1n) is 8.91. The molecule has 3 rings (SSSR count). The fourth-order valence-corrected chi connectivity index (χ4v) is 4.68. The average Bonchev–Trinajstić information content (AvgIpc) is 2.91. The van der Waals surface area contributed by atoms with E-state index in [1.54, 1.807) is 0 Å². The third-order valence-electron chi connectivity index (χ3n) is 6.26. The molecule has 4 atom stereocenters. The average molecular weight is 279 g/mol. The molecule has 3 heterocycles. The number of fused-ring (bicyclic) bond motifs is 1. The predicted molar refractivity (Wildman–Crippen MR) is 85.1 cm³/mol. The van der Waals surface area contributed by atoms with Crippen molar-refractivity contribution in [2.45, 2.75) is 83.0 Å². The van der Waals surface area contributed by atoms with Gasteiger partial charge in [-0.25, -0.2) is 0 Å². The fourth-order valence-electron chi connectivity index (χ4n) is 4.68. The molecule has 0 radical (unpaired) electrons. The molecule has 0 bridgehead atoms. The second-order valence-corrected chi connectivity index (χ2v) is 7.48. The standard InChI is InChI=1S/C17H33N3/c1-4-14-12-18-17(3,5-2)13-20(14)16-9-11-19-10-7-6-8-15(16)19/h14-16,18H,4-13H2,1-3H3. The van der Waals surface area contributed by atoms with Gasteiger partial charge in [0.05, 0.1) is 0 Å². The van der Waals surface area contributed by atoms with E-state index < -0.39 is 0 Å². The van der Waals surface area contributed by atoms with E-state index in [-0.39, 0.29) is 0 Å². The van der Waals surface area contributed by atoms with Gasteiger partial charge in [0.25, 0.3) is 0 Å². The summed E-state index contributed by atoms with van der Waals surface area (Å²) >= 11 is 0. The van der Waals surface area contributed by atoms with Gasteiger partial charge >= 0.3 is 0 Å². The van der Waals surface area contributed by atoms with Crippen LogP contribution in [0.3, 0.4) is 0 Å². The van der Waals surface area contributed by atoms with Crippen molar-refractivity contribution < 1.29 is 0 Å². The van der Waals surface area contributed by atoms with E-state index in [0.717, 1.165) is 18.1 Å². The van der Waals surface area contributed by atoms with Gasteiger partial charge in [0, 0.05) is 43.3 Å². The normalized spacial score (nSPS) is 43.6. The molecule has 3 fully saturated rings. The lowest BCUT2D eigenvalue weighted by Gasteiger charge is -2.50. The SMILES string of the molecule is CCC1CNC(C)(CC)CN1C1CCN2CCCCC12. The van der Waals surface area contributed by atoms with Crippen LogP contribution < -0.4 is 5.32 Å². The van der Waals surface area contributed by atoms with E-state index >= 15 is 0 Å². The summed E-state index contributed by atoms with van der Waals surface area (Å²) in [4.78, 5) is 5.68. The molecule has 1 N–H and O–H groups in total. The van der Waals surface area contributed by atoms with E-state index in [1.165, 1.54) is 64.7 Å². The van der Waals surface area contributed by atoms with E-state index in [2.05, 4.69) is 35.9 Å². The monoisotopic (exact) mass is 279 g/mol. The Morgan fingerprint density at radius 2 is 1.95 bits per heavy atom. The van der Waals surface area contributed by atoms with Gasteiger partial charge in [0.1, 0.15) is 0 Å². The number of piperidine rings is 1. The van der Waals surface area contributed by atoms with Crippen LogP contribution in [0.1, 0.15) is 59.3 Å². The number of hydrogen-bond acceptors (Lipinski definition) is 3. The highest BCUT2D eigenvalue weighted by atomic mass is 15.3. The molecule has 3 heteroatoms. The highest BCUT2D eigenvalue weighted by Gasteiger charge is 2.44. The highest BCUT2D eigenvalue weighted by Crippen LogP contribution is 2.34. The minimum Gasteiger partial charge on any atom is -0.309 e. The first kappa shape index (κ1) is 14.8. The molecule has 3 aliphatic rings. The summed E-state index contributed by atoms with van der Waals surface area (Å²) < 4.78 is 0. The van der Waals surface area contributed by atoms with Crippen molar-refractivity contribution in [3.63, 3.8) is 0 Å². The molecular formula is C17H33N3. The van der Waals surface area contributed by atoms with Gasteiger partial charge in [-0.15, -0.1) is 0 Å². The zero-order valence-corrected chi connectivity index (χ0v) is 13.7. The summed E-state index contributed by atoms with van der Waals surface area (Å²) in [6.07, 6.45) is 8.24. The van der Waals surface area contributed by atoms with Gasteiger partial charge in [-0.1, -0.05) is 20.3 Å². The summed E-state index contributed by atoms with van der Waals surface area (Å²) in [5.74, 6) is 0. The van der Waals surface area contributed by atoms with E-state index in [1.807, 2.05) is 0 Å². The summed E-state index contributed by atoms with van der Waals surface area (Å²) in [6.45, 7) is 12.2. The first-order chi connectivity index (χ1) is 9.67. The van der Waals surface area contributed by atoms with Crippen molar-refractivity contribution in [2.24, 2.45) is 0 Å². The van der Waals surface area contributed by atoms with Crippen LogP contribution in [0.4, 0.5) is 0 Å². The zero-order valence-electron chi connectivity index (χ0n) is 13.7. The van der Waals surface area contributed by atoms with Crippen molar-refractivity contribution in [3.05, 3.63) is 0 Å². The van der Waals surface area contributed by atoms with Crippen molar-refractivity contribution in [1.82, 2.24) is 15.1 Å². The van der Waals surface area contributed by atoms with Crippen molar-refractivity contribution >= 4 is 0 Å². The Labute approximate surface area is 125 Å². The maximum atomic E-state index is 3.82. The van der Waals surface area contributed by atoms with Gasteiger partial charge in [-0.3, -0.25) is 9.80 Å². The Hall–Kier alpha value is -0.120. The first-order valence-corrected chi connectivity index (χ1v) is 8.91. The number of rotatable bonds is 3. The Kier molecular flexibility index (Phi) is 4.40. The van der Waals surface area contributed by atoms with Gasteiger partial charge in [0.15, 0.2) is 0 Å². The topological polar surface area (TPSA) is 18.5 Å². The number of nitrogens with one attached hydrogen (secondary N) is 1. The molecule has 0 aliphatic carbocycles. The molecule has 3 nitrogen and oxygen atoms in total. The number of nitrogens with zero attached hydrogens (tertiary/aromatic N) is 2. The van der Waals surface area contributed by atoms with Crippen molar-refractivity contribution in [2.75, 3.05) is 26.2 Å². The molecule has 0 amide bonds. The van der Waals surface area contributed by atoms with Crippen molar-refractivity contribution in [1.29, 1.82) is 0 Å². The lowest BCUT2D eigenvalue weighted by molar-refractivity contribution is 0.0217. The third-order valence-corrected chi connectivity index (χ3v) is 6.26. The van der Waals surface area contributed by atoms with Crippen molar-refractivity contribution in [3.8, 4) is 0 Å². The van der Waals surface area contributed by atoms with E-state index in [4.69, 9.17) is 0 Å². The Morgan fingerprint density at radius 3 is 2.70 bits per heavy atom. The number of piperazine rings is 1. The Balaban J connectivity index is 1.75. The molecule has 20 heavy (non-hydrogen) atoms. The van der Waals surface area contributed by atoms with Gasteiger partial charge < -0.3 is 5.32 Å². The van der Waals surface area contributed by atoms with Crippen LogP contribution in [0, 0.1) is 0 Å². The van der Waals surface area contributed by atoms with E-state index in [9.17, 15) is 0 Å². The number of hydrogen-bond donors (Lipinski definition) is 1. The van der Waals surface area contributed by atoms with E-state index in [0.29, 0.717) is 5.54 Å². The zero-order chi connectivity index (χ0) is 14.2. The second kappa shape index (κ2) is 5.94.